The molecule has 0 radical (unpaired) electrons. The highest BCUT2D eigenvalue weighted by atomic mass is 35.5. The Morgan fingerprint density at radius 3 is 2.15 bits per heavy atom. The molecule has 0 aliphatic heterocycles. The van der Waals surface area contributed by atoms with Crippen molar-refractivity contribution in [2.24, 2.45) is 0 Å². The van der Waals surface area contributed by atoms with Gasteiger partial charge in [-0.3, -0.25) is 9.59 Å². The van der Waals surface area contributed by atoms with Crippen LogP contribution in [0.5, 0.6) is 0 Å². The van der Waals surface area contributed by atoms with Gasteiger partial charge in [-0.25, -0.2) is 0 Å². The monoisotopic (exact) mass is 381 g/mol. The predicted molar refractivity (Wildman–Crippen MR) is 106 cm³/mol. The van der Waals surface area contributed by atoms with Gasteiger partial charge in [-0.15, -0.1) is 0 Å². The van der Waals surface area contributed by atoms with Crippen LogP contribution in [0.15, 0.2) is 73.1 Å². The fraction of sp³-hybridized carbons (Fsp3) is 0.143. The maximum absolute atomic E-state index is 12.2. The van der Waals surface area contributed by atoms with Crippen molar-refractivity contribution in [1.29, 1.82) is 0 Å². The number of nitrogens with zero attached hydrogens (tertiary/aromatic N) is 1. The van der Waals surface area contributed by atoms with E-state index in [-0.39, 0.29) is 18.2 Å². The first-order valence-corrected chi connectivity index (χ1v) is 9.02. The first kappa shape index (κ1) is 18.7. The first-order valence-electron chi connectivity index (χ1n) is 8.64. The number of benzene rings is 2. The molecule has 2 N–H and O–H groups in total. The third-order valence-electron chi connectivity index (χ3n) is 4.04. The predicted octanol–water partition coefficient (Wildman–Crippen LogP) is 3.22. The lowest BCUT2D eigenvalue weighted by molar-refractivity contribution is -0.120. The van der Waals surface area contributed by atoms with E-state index in [1.807, 2.05) is 53.4 Å². The summed E-state index contributed by atoms with van der Waals surface area (Å²) in [4.78, 5) is 24.1. The van der Waals surface area contributed by atoms with E-state index in [0.717, 1.165) is 11.3 Å². The Labute approximate surface area is 163 Å². The normalized spacial score (nSPS) is 10.4. The van der Waals surface area contributed by atoms with E-state index in [4.69, 9.17) is 11.6 Å². The highest BCUT2D eigenvalue weighted by Crippen LogP contribution is 2.10. The number of hydrogen-bond acceptors (Lipinski definition) is 2. The summed E-state index contributed by atoms with van der Waals surface area (Å²) in [6, 6.07) is 18.4. The van der Waals surface area contributed by atoms with Crippen molar-refractivity contribution in [3.8, 4) is 5.69 Å². The fourth-order valence-electron chi connectivity index (χ4n) is 2.62. The van der Waals surface area contributed by atoms with Crippen LogP contribution in [-0.2, 0) is 11.2 Å². The van der Waals surface area contributed by atoms with Crippen molar-refractivity contribution in [3.05, 3.63) is 89.2 Å². The Bertz CT molecular complexity index is 888. The maximum Gasteiger partial charge on any atom is 0.251 e. The summed E-state index contributed by atoms with van der Waals surface area (Å²) in [6.45, 7) is 0.740. The van der Waals surface area contributed by atoms with Gasteiger partial charge in [-0.1, -0.05) is 23.7 Å². The second kappa shape index (κ2) is 9.05. The Balaban J connectivity index is 1.40. The Morgan fingerprint density at radius 1 is 0.852 bits per heavy atom. The molecule has 2 amide bonds. The van der Waals surface area contributed by atoms with Gasteiger partial charge >= 0.3 is 0 Å². The molecule has 1 aromatic heterocycles. The number of nitrogens with one attached hydrogen (secondary N) is 2. The summed E-state index contributed by atoms with van der Waals surface area (Å²) in [5.74, 6) is -0.261. The summed E-state index contributed by atoms with van der Waals surface area (Å²) in [7, 11) is 0. The van der Waals surface area contributed by atoms with Crippen LogP contribution >= 0.6 is 11.6 Å². The van der Waals surface area contributed by atoms with Crippen LogP contribution in [0.2, 0.25) is 5.02 Å². The van der Waals surface area contributed by atoms with Crippen LogP contribution in [0.3, 0.4) is 0 Å². The fourth-order valence-corrected chi connectivity index (χ4v) is 2.75. The molecule has 0 atom stereocenters. The average Bonchev–Trinajstić information content (AvgIpc) is 3.22. The van der Waals surface area contributed by atoms with Crippen molar-refractivity contribution in [2.75, 3.05) is 13.1 Å². The molecule has 6 heteroatoms. The minimum atomic E-state index is -0.166. The quantitative estimate of drug-likeness (QED) is 0.617. The molecule has 27 heavy (non-hydrogen) atoms. The summed E-state index contributed by atoms with van der Waals surface area (Å²) in [5.41, 5.74) is 2.47. The molecule has 0 fully saturated rings. The zero-order valence-electron chi connectivity index (χ0n) is 14.7. The molecule has 0 aliphatic carbocycles. The summed E-state index contributed by atoms with van der Waals surface area (Å²) in [6.07, 6.45) is 4.18. The third kappa shape index (κ3) is 5.46. The van der Waals surface area contributed by atoms with Gasteiger partial charge in [0.1, 0.15) is 0 Å². The number of carbonyl (C=O) groups excluding carboxylic acids is 2. The number of aromatic nitrogens is 1. The Kier molecular flexibility index (Phi) is 6.28. The van der Waals surface area contributed by atoms with E-state index in [1.165, 1.54) is 0 Å². The SMILES string of the molecule is O=C(Cc1ccc(Cl)cc1)NCCNC(=O)c1ccc(-n2cccc2)cc1. The third-order valence-corrected chi connectivity index (χ3v) is 4.29. The summed E-state index contributed by atoms with van der Waals surface area (Å²) >= 11 is 5.82. The van der Waals surface area contributed by atoms with Crippen LogP contribution < -0.4 is 10.6 Å². The molecule has 0 spiro atoms. The molecule has 138 valence electrons. The van der Waals surface area contributed by atoms with Crippen molar-refractivity contribution in [3.63, 3.8) is 0 Å². The van der Waals surface area contributed by atoms with Gasteiger partial charge in [0.05, 0.1) is 6.42 Å². The highest BCUT2D eigenvalue weighted by molar-refractivity contribution is 6.30. The van der Waals surface area contributed by atoms with Crippen LogP contribution in [0.1, 0.15) is 15.9 Å². The lowest BCUT2D eigenvalue weighted by atomic mass is 10.1. The van der Waals surface area contributed by atoms with Gasteiger partial charge in [-0.2, -0.15) is 0 Å². The molecular weight excluding hydrogens is 362 g/mol. The van der Waals surface area contributed by atoms with Crippen LogP contribution in [0, 0.1) is 0 Å². The lowest BCUT2D eigenvalue weighted by Crippen LogP contribution is -2.35. The van der Waals surface area contributed by atoms with Gasteiger partial charge in [0.25, 0.3) is 5.91 Å². The molecule has 2 aromatic carbocycles. The van der Waals surface area contributed by atoms with E-state index < -0.39 is 0 Å². The topological polar surface area (TPSA) is 63.1 Å². The molecule has 5 nitrogen and oxygen atoms in total. The van der Waals surface area contributed by atoms with Crippen LogP contribution in [0.4, 0.5) is 0 Å². The van der Waals surface area contributed by atoms with Crippen molar-refractivity contribution < 1.29 is 9.59 Å². The van der Waals surface area contributed by atoms with Gasteiger partial charge in [-0.05, 0) is 54.1 Å². The molecule has 0 saturated carbocycles. The standard InChI is InChI=1S/C21H20ClN3O2/c22-18-7-3-16(4-8-18)15-20(26)23-11-12-24-21(27)17-5-9-19(10-6-17)25-13-1-2-14-25/h1-10,13-14H,11-12,15H2,(H,23,26)(H,24,27). The van der Waals surface area contributed by atoms with E-state index >= 15 is 0 Å². The van der Waals surface area contributed by atoms with Gasteiger partial charge in [0, 0.05) is 41.8 Å². The summed E-state index contributed by atoms with van der Waals surface area (Å²) < 4.78 is 1.97. The molecule has 0 saturated heterocycles. The van der Waals surface area contributed by atoms with Crippen molar-refractivity contribution in [2.45, 2.75) is 6.42 Å². The second-order valence-corrected chi connectivity index (χ2v) is 6.48. The Morgan fingerprint density at radius 2 is 1.48 bits per heavy atom. The number of halogens is 1. The van der Waals surface area contributed by atoms with E-state index in [2.05, 4.69) is 10.6 Å². The van der Waals surface area contributed by atoms with E-state index in [0.29, 0.717) is 23.7 Å². The lowest BCUT2D eigenvalue weighted by Gasteiger charge is -2.08. The van der Waals surface area contributed by atoms with Gasteiger partial charge in [0.2, 0.25) is 5.91 Å². The van der Waals surface area contributed by atoms with Crippen molar-refractivity contribution in [1.82, 2.24) is 15.2 Å². The second-order valence-electron chi connectivity index (χ2n) is 6.05. The minimum absolute atomic E-state index is 0.0948. The zero-order valence-corrected chi connectivity index (χ0v) is 15.4. The molecule has 0 aliphatic rings. The molecule has 3 aromatic rings. The number of amides is 2. The number of hydrogen-bond donors (Lipinski definition) is 2. The average molecular weight is 382 g/mol. The molecule has 3 rings (SSSR count). The van der Waals surface area contributed by atoms with Crippen molar-refractivity contribution >= 4 is 23.4 Å². The highest BCUT2D eigenvalue weighted by Gasteiger charge is 2.06. The smallest absolute Gasteiger partial charge is 0.251 e. The maximum atomic E-state index is 12.2. The van der Waals surface area contributed by atoms with Gasteiger partial charge in [0.15, 0.2) is 0 Å². The van der Waals surface area contributed by atoms with E-state index in [9.17, 15) is 9.59 Å². The first-order chi connectivity index (χ1) is 13.1. The zero-order chi connectivity index (χ0) is 19.1. The summed E-state index contributed by atoms with van der Waals surface area (Å²) in [5, 5.41) is 6.23. The largest absolute Gasteiger partial charge is 0.354 e. The molecule has 0 unspecified atom stereocenters. The minimum Gasteiger partial charge on any atom is -0.354 e. The number of rotatable bonds is 7. The Hall–Kier alpha value is -3.05. The molecular formula is C21H20ClN3O2. The van der Waals surface area contributed by atoms with Gasteiger partial charge < -0.3 is 15.2 Å². The van der Waals surface area contributed by atoms with Crippen LogP contribution in [0.25, 0.3) is 5.69 Å². The molecule has 0 bridgehead atoms. The molecule has 1 heterocycles. The van der Waals surface area contributed by atoms with E-state index in [1.54, 1.807) is 24.3 Å². The van der Waals surface area contributed by atoms with Crippen LogP contribution in [-0.4, -0.2) is 29.5 Å². The number of carbonyl (C=O) groups is 2.